The van der Waals surface area contributed by atoms with Gasteiger partial charge in [-0.05, 0) is 59.4 Å². The molecule has 0 saturated carbocycles. The van der Waals surface area contributed by atoms with Gasteiger partial charge >= 0.3 is 0 Å². The molecule has 0 bridgehead atoms. The van der Waals surface area contributed by atoms with Gasteiger partial charge in [0, 0.05) is 11.3 Å². The van der Waals surface area contributed by atoms with Crippen molar-refractivity contribution >= 4 is 11.6 Å². The maximum atomic E-state index is 12.4. The molecular weight excluding hydrogens is 282 g/mol. The number of nitrogens with one attached hydrogen (secondary N) is 1. The first-order valence-electron chi connectivity index (χ1n) is 7.80. The fourth-order valence-electron chi connectivity index (χ4n) is 3.25. The van der Waals surface area contributed by atoms with Gasteiger partial charge < -0.3 is 5.32 Å². The van der Waals surface area contributed by atoms with E-state index in [0.29, 0.717) is 0 Å². The van der Waals surface area contributed by atoms with Crippen molar-refractivity contribution in [2.75, 3.05) is 5.32 Å². The van der Waals surface area contributed by atoms with Crippen molar-refractivity contribution in [2.45, 2.75) is 13.3 Å². The topological polar surface area (TPSA) is 29.1 Å². The Morgan fingerprint density at radius 2 is 1.61 bits per heavy atom. The van der Waals surface area contributed by atoms with Gasteiger partial charge in [0.25, 0.3) is 5.91 Å². The van der Waals surface area contributed by atoms with E-state index in [-0.39, 0.29) is 5.91 Å². The number of aryl methyl sites for hydroxylation is 1. The van der Waals surface area contributed by atoms with Gasteiger partial charge in [0.05, 0.1) is 0 Å². The molecule has 4 rings (SSSR count). The molecule has 112 valence electrons. The second-order valence-corrected chi connectivity index (χ2v) is 5.97. The molecule has 0 fully saturated rings. The SMILES string of the molecule is Cc1ccccc1C(=O)Nc1ccc2c(c1)Cc1ccccc1-2. The van der Waals surface area contributed by atoms with Crippen LogP contribution in [0.3, 0.4) is 0 Å². The molecule has 1 aliphatic rings. The lowest BCUT2D eigenvalue weighted by Gasteiger charge is -2.09. The van der Waals surface area contributed by atoms with Gasteiger partial charge in [0.2, 0.25) is 0 Å². The van der Waals surface area contributed by atoms with Crippen LogP contribution in [-0.4, -0.2) is 5.91 Å². The van der Waals surface area contributed by atoms with Crippen molar-refractivity contribution in [3.05, 3.63) is 89.0 Å². The average molecular weight is 299 g/mol. The molecule has 0 radical (unpaired) electrons. The summed E-state index contributed by atoms with van der Waals surface area (Å²) in [6.45, 7) is 1.95. The highest BCUT2D eigenvalue weighted by Gasteiger charge is 2.18. The van der Waals surface area contributed by atoms with Crippen LogP contribution in [0, 0.1) is 6.92 Å². The van der Waals surface area contributed by atoms with Crippen LogP contribution >= 0.6 is 0 Å². The zero-order valence-corrected chi connectivity index (χ0v) is 13.0. The lowest BCUT2D eigenvalue weighted by Crippen LogP contribution is -2.13. The molecule has 1 amide bonds. The van der Waals surface area contributed by atoms with Crippen LogP contribution in [0.1, 0.15) is 27.0 Å². The molecule has 0 saturated heterocycles. The molecule has 0 spiro atoms. The summed E-state index contributed by atoms with van der Waals surface area (Å²) in [5.74, 6) is -0.0569. The van der Waals surface area contributed by atoms with E-state index in [4.69, 9.17) is 0 Å². The Morgan fingerprint density at radius 1 is 0.870 bits per heavy atom. The molecule has 0 heterocycles. The highest BCUT2D eigenvalue weighted by atomic mass is 16.1. The summed E-state index contributed by atoms with van der Waals surface area (Å²) in [5, 5.41) is 3.02. The van der Waals surface area contributed by atoms with Gasteiger partial charge in [0.1, 0.15) is 0 Å². The lowest BCUT2D eigenvalue weighted by molar-refractivity contribution is 0.102. The fraction of sp³-hybridized carbons (Fsp3) is 0.0952. The zero-order chi connectivity index (χ0) is 15.8. The molecule has 0 aromatic heterocycles. The Kier molecular flexibility index (Phi) is 3.23. The maximum Gasteiger partial charge on any atom is 0.255 e. The van der Waals surface area contributed by atoms with Crippen molar-refractivity contribution in [1.82, 2.24) is 0 Å². The van der Waals surface area contributed by atoms with E-state index in [9.17, 15) is 4.79 Å². The van der Waals surface area contributed by atoms with Crippen molar-refractivity contribution in [3.63, 3.8) is 0 Å². The number of carbonyl (C=O) groups is 1. The fourth-order valence-corrected chi connectivity index (χ4v) is 3.25. The number of hydrogen-bond donors (Lipinski definition) is 1. The van der Waals surface area contributed by atoms with Gasteiger partial charge in [-0.15, -0.1) is 0 Å². The smallest absolute Gasteiger partial charge is 0.255 e. The van der Waals surface area contributed by atoms with Crippen LogP contribution in [0.25, 0.3) is 11.1 Å². The largest absolute Gasteiger partial charge is 0.322 e. The van der Waals surface area contributed by atoms with Crippen LogP contribution in [0.2, 0.25) is 0 Å². The van der Waals surface area contributed by atoms with Crippen LogP contribution < -0.4 is 5.32 Å². The highest BCUT2D eigenvalue weighted by Crippen LogP contribution is 2.37. The number of benzene rings is 3. The van der Waals surface area contributed by atoms with Crippen molar-refractivity contribution in [1.29, 1.82) is 0 Å². The van der Waals surface area contributed by atoms with E-state index < -0.39 is 0 Å². The van der Waals surface area contributed by atoms with E-state index in [0.717, 1.165) is 23.2 Å². The first-order valence-corrected chi connectivity index (χ1v) is 7.80. The minimum absolute atomic E-state index is 0.0569. The third-order valence-electron chi connectivity index (χ3n) is 4.44. The van der Waals surface area contributed by atoms with Gasteiger partial charge in [-0.3, -0.25) is 4.79 Å². The third-order valence-corrected chi connectivity index (χ3v) is 4.44. The summed E-state index contributed by atoms with van der Waals surface area (Å²) in [7, 11) is 0. The Labute approximate surface area is 135 Å². The highest BCUT2D eigenvalue weighted by molar-refractivity contribution is 6.05. The van der Waals surface area contributed by atoms with Gasteiger partial charge in [-0.25, -0.2) is 0 Å². The third kappa shape index (κ3) is 2.42. The molecule has 3 aromatic rings. The Hall–Kier alpha value is -2.87. The predicted molar refractivity (Wildman–Crippen MR) is 93.8 cm³/mol. The predicted octanol–water partition coefficient (Wildman–Crippen LogP) is 4.82. The Bertz CT molecular complexity index is 911. The molecule has 2 heteroatoms. The molecule has 1 N–H and O–H groups in total. The molecule has 0 atom stereocenters. The van der Waals surface area contributed by atoms with Crippen LogP contribution in [0.5, 0.6) is 0 Å². The van der Waals surface area contributed by atoms with E-state index in [1.165, 1.54) is 22.3 Å². The first-order chi connectivity index (χ1) is 11.2. The van der Waals surface area contributed by atoms with E-state index in [2.05, 4.69) is 41.7 Å². The van der Waals surface area contributed by atoms with Crippen molar-refractivity contribution in [2.24, 2.45) is 0 Å². The van der Waals surface area contributed by atoms with Crippen LogP contribution in [0.15, 0.2) is 66.7 Å². The molecule has 0 unspecified atom stereocenters. The summed E-state index contributed by atoms with van der Waals surface area (Å²) in [6, 6.07) is 22.3. The van der Waals surface area contributed by atoms with Gasteiger partial charge in [0.15, 0.2) is 0 Å². The second kappa shape index (κ2) is 5.40. The van der Waals surface area contributed by atoms with E-state index in [1.807, 2.05) is 37.3 Å². The minimum atomic E-state index is -0.0569. The summed E-state index contributed by atoms with van der Waals surface area (Å²) in [6.07, 6.45) is 0.930. The molecule has 1 aliphatic carbocycles. The van der Waals surface area contributed by atoms with E-state index in [1.54, 1.807) is 0 Å². The number of carbonyl (C=O) groups excluding carboxylic acids is 1. The van der Waals surface area contributed by atoms with Crippen molar-refractivity contribution in [3.8, 4) is 11.1 Å². The molecule has 23 heavy (non-hydrogen) atoms. The summed E-state index contributed by atoms with van der Waals surface area (Å²) < 4.78 is 0. The monoisotopic (exact) mass is 299 g/mol. The standard InChI is InChI=1S/C21H17NO/c1-14-6-2-4-8-18(14)21(23)22-17-10-11-20-16(13-17)12-15-7-3-5-9-19(15)20/h2-11,13H,12H2,1H3,(H,22,23). The summed E-state index contributed by atoms with van der Waals surface area (Å²) >= 11 is 0. The van der Waals surface area contributed by atoms with Crippen LogP contribution in [-0.2, 0) is 6.42 Å². The molecule has 3 aromatic carbocycles. The molecule has 0 aliphatic heterocycles. The first kappa shape index (κ1) is 13.8. The van der Waals surface area contributed by atoms with Crippen LogP contribution in [0.4, 0.5) is 5.69 Å². The molecule has 2 nitrogen and oxygen atoms in total. The Balaban J connectivity index is 1.62. The average Bonchev–Trinajstić information content (AvgIpc) is 2.92. The van der Waals surface area contributed by atoms with Crippen molar-refractivity contribution < 1.29 is 4.79 Å². The summed E-state index contributed by atoms with van der Waals surface area (Å²) in [5.41, 5.74) is 7.76. The van der Waals surface area contributed by atoms with Gasteiger partial charge in [-0.2, -0.15) is 0 Å². The number of amides is 1. The number of anilines is 1. The summed E-state index contributed by atoms with van der Waals surface area (Å²) in [4.78, 5) is 12.4. The normalized spacial score (nSPS) is 11.7. The number of hydrogen-bond acceptors (Lipinski definition) is 1. The maximum absolute atomic E-state index is 12.4. The zero-order valence-electron chi connectivity index (χ0n) is 13.0. The molecular formula is C21H17NO. The minimum Gasteiger partial charge on any atom is -0.322 e. The number of rotatable bonds is 2. The van der Waals surface area contributed by atoms with E-state index >= 15 is 0 Å². The second-order valence-electron chi connectivity index (χ2n) is 5.97. The number of fused-ring (bicyclic) bond motifs is 3. The quantitative estimate of drug-likeness (QED) is 0.565. The van der Waals surface area contributed by atoms with Gasteiger partial charge in [-0.1, -0.05) is 48.5 Å². The lowest BCUT2D eigenvalue weighted by atomic mass is 10.1. The Morgan fingerprint density at radius 3 is 2.48 bits per heavy atom.